The summed E-state index contributed by atoms with van der Waals surface area (Å²) in [6.45, 7) is 1.93. The number of carbonyl (C=O) groups excluding carboxylic acids is 1. The molecule has 0 aromatic carbocycles. The zero-order valence-electron chi connectivity index (χ0n) is 11.4. The number of amides is 1. The van der Waals surface area contributed by atoms with Gasteiger partial charge in [0.15, 0.2) is 5.25 Å². The second kappa shape index (κ2) is 6.12. The average Bonchev–Trinajstić information content (AvgIpc) is 2.99. The van der Waals surface area contributed by atoms with Gasteiger partial charge in [-0.05, 0) is 18.4 Å². The third kappa shape index (κ3) is 3.25. The third-order valence-electron chi connectivity index (χ3n) is 3.41. The van der Waals surface area contributed by atoms with E-state index in [1.165, 1.54) is 11.3 Å². The molecule has 116 valence electrons. The molecule has 0 aliphatic carbocycles. The summed E-state index contributed by atoms with van der Waals surface area (Å²) in [5.41, 5.74) is 0. The van der Waals surface area contributed by atoms with Gasteiger partial charge in [-0.3, -0.25) is 9.59 Å². The molecule has 7 nitrogen and oxygen atoms in total. The Balaban J connectivity index is 2.01. The Morgan fingerprint density at radius 1 is 1.29 bits per heavy atom. The van der Waals surface area contributed by atoms with Crippen molar-refractivity contribution in [3.8, 4) is 0 Å². The van der Waals surface area contributed by atoms with Gasteiger partial charge in [0.1, 0.15) is 0 Å². The van der Waals surface area contributed by atoms with Crippen molar-refractivity contribution in [2.24, 2.45) is 0 Å². The normalized spacial score (nSPS) is 18.4. The van der Waals surface area contributed by atoms with Crippen LogP contribution in [-0.2, 0) is 14.8 Å². The molecule has 0 saturated carbocycles. The molecule has 1 aliphatic heterocycles. The number of carboxylic acids is 1. The molecule has 1 aromatic heterocycles. The largest absolute Gasteiger partial charge is 0.480 e. The van der Waals surface area contributed by atoms with E-state index in [-0.39, 0.29) is 32.1 Å². The number of hydrogen-bond acceptors (Lipinski definition) is 5. The number of sulfonamides is 1. The van der Waals surface area contributed by atoms with E-state index in [2.05, 4.69) is 0 Å². The van der Waals surface area contributed by atoms with Crippen molar-refractivity contribution in [2.75, 3.05) is 26.2 Å². The van der Waals surface area contributed by atoms with Crippen LogP contribution < -0.4 is 0 Å². The van der Waals surface area contributed by atoms with Crippen LogP contribution >= 0.6 is 11.3 Å². The lowest BCUT2D eigenvalue weighted by Crippen LogP contribution is -2.53. The van der Waals surface area contributed by atoms with Crippen molar-refractivity contribution < 1.29 is 23.1 Å². The summed E-state index contributed by atoms with van der Waals surface area (Å²) in [5, 5.41) is 9.18. The summed E-state index contributed by atoms with van der Waals surface area (Å²) in [6, 6.07) is 3.51. The quantitative estimate of drug-likeness (QED) is 0.856. The van der Waals surface area contributed by atoms with Gasteiger partial charge in [-0.2, -0.15) is 4.31 Å². The van der Waals surface area contributed by atoms with Gasteiger partial charge in [0.2, 0.25) is 10.0 Å². The van der Waals surface area contributed by atoms with Crippen LogP contribution in [0, 0.1) is 0 Å². The summed E-state index contributed by atoms with van der Waals surface area (Å²) in [4.78, 5) is 25.2. The lowest BCUT2D eigenvalue weighted by molar-refractivity contribution is -0.136. The van der Waals surface area contributed by atoms with E-state index < -0.39 is 21.2 Å². The van der Waals surface area contributed by atoms with Gasteiger partial charge in [0.25, 0.3) is 5.91 Å². The predicted molar refractivity (Wildman–Crippen MR) is 77.8 cm³/mol. The molecule has 1 N–H and O–H groups in total. The molecule has 1 aliphatic rings. The summed E-state index contributed by atoms with van der Waals surface area (Å²) in [7, 11) is -3.87. The van der Waals surface area contributed by atoms with Gasteiger partial charge in [-0.25, -0.2) is 8.42 Å². The van der Waals surface area contributed by atoms with Gasteiger partial charge in [0.05, 0.1) is 4.88 Å². The van der Waals surface area contributed by atoms with Crippen LogP contribution in [-0.4, -0.2) is 66.0 Å². The fourth-order valence-electron chi connectivity index (χ4n) is 2.05. The number of carbonyl (C=O) groups is 2. The number of rotatable bonds is 4. The molecule has 1 fully saturated rings. The summed E-state index contributed by atoms with van der Waals surface area (Å²) >= 11 is 1.34. The van der Waals surface area contributed by atoms with Crippen LogP contribution in [0.1, 0.15) is 16.6 Å². The molecule has 2 rings (SSSR count). The van der Waals surface area contributed by atoms with E-state index in [1.807, 2.05) is 5.38 Å². The number of carboxylic acid groups (broad SMARTS) is 1. The molecule has 0 bridgehead atoms. The fourth-order valence-corrected chi connectivity index (χ4v) is 4.12. The Bertz CT molecular complexity index is 618. The lowest BCUT2D eigenvalue weighted by atomic mass is 10.3. The van der Waals surface area contributed by atoms with Gasteiger partial charge in [-0.1, -0.05) is 6.07 Å². The highest BCUT2D eigenvalue weighted by atomic mass is 32.2. The Hall–Kier alpha value is -1.45. The van der Waals surface area contributed by atoms with Crippen LogP contribution in [0.5, 0.6) is 0 Å². The molecule has 1 atom stereocenters. The highest BCUT2D eigenvalue weighted by molar-refractivity contribution is 7.90. The maximum absolute atomic E-state index is 12.1. The number of thiophene rings is 1. The van der Waals surface area contributed by atoms with Crippen LogP contribution in [0.3, 0.4) is 0 Å². The first kappa shape index (κ1) is 15.9. The summed E-state index contributed by atoms with van der Waals surface area (Å²) in [5.74, 6) is -1.49. The average molecular weight is 332 g/mol. The Kier molecular flexibility index (Phi) is 4.64. The van der Waals surface area contributed by atoms with Crippen molar-refractivity contribution in [3.63, 3.8) is 0 Å². The van der Waals surface area contributed by atoms with E-state index in [4.69, 9.17) is 5.11 Å². The fraction of sp³-hybridized carbons (Fsp3) is 0.500. The summed E-state index contributed by atoms with van der Waals surface area (Å²) in [6.07, 6.45) is 0. The maximum atomic E-state index is 12.1. The number of piperazine rings is 1. The predicted octanol–water partition coefficient (Wildman–Crippen LogP) is 0.309. The van der Waals surface area contributed by atoms with E-state index in [1.54, 1.807) is 17.0 Å². The molecule has 1 saturated heterocycles. The number of aliphatic carboxylic acids is 1. The van der Waals surface area contributed by atoms with Crippen molar-refractivity contribution in [2.45, 2.75) is 12.2 Å². The van der Waals surface area contributed by atoms with Crippen molar-refractivity contribution in [3.05, 3.63) is 22.4 Å². The number of nitrogens with zero attached hydrogens (tertiary/aromatic N) is 2. The molecule has 21 heavy (non-hydrogen) atoms. The van der Waals surface area contributed by atoms with E-state index in [9.17, 15) is 18.0 Å². The van der Waals surface area contributed by atoms with E-state index in [0.29, 0.717) is 4.88 Å². The first-order valence-electron chi connectivity index (χ1n) is 6.38. The molecule has 1 unspecified atom stereocenters. The molecule has 0 radical (unpaired) electrons. The van der Waals surface area contributed by atoms with Gasteiger partial charge in [0, 0.05) is 26.2 Å². The van der Waals surface area contributed by atoms with Crippen LogP contribution in [0.2, 0.25) is 0 Å². The van der Waals surface area contributed by atoms with Gasteiger partial charge in [-0.15, -0.1) is 11.3 Å². The molecule has 9 heteroatoms. The second-order valence-corrected chi connectivity index (χ2v) is 7.90. The zero-order chi connectivity index (χ0) is 15.6. The van der Waals surface area contributed by atoms with Crippen LogP contribution in [0.4, 0.5) is 0 Å². The lowest BCUT2D eigenvalue weighted by Gasteiger charge is -2.34. The van der Waals surface area contributed by atoms with E-state index in [0.717, 1.165) is 11.2 Å². The Morgan fingerprint density at radius 3 is 2.38 bits per heavy atom. The number of hydrogen-bond donors (Lipinski definition) is 1. The smallest absolute Gasteiger partial charge is 0.323 e. The van der Waals surface area contributed by atoms with Crippen molar-refractivity contribution in [1.29, 1.82) is 0 Å². The topological polar surface area (TPSA) is 95.0 Å². The van der Waals surface area contributed by atoms with Crippen molar-refractivity contribution >= 4 is 33.2 Å². The van der Waals surface area contributed by atoms with Gasteiger partial charge >= 0.3 is 5.97 Å². The van der Waals surface area contributed by atoms with Crippen LogP contribution in [0.15, 0.2) is 17.5 Å². The minimum atomic E-state index is -3.87. The second-order valence-electron chi connectivity index (χ2n) is 4.69. The molecule has 2 heterocycles. The molecule has 0 spiro atoms. The van der Waals surface area contributed by atoms with E-state index >= 15 is 0 Å². The van der Waals surface area contributed by atoms with Gasteiger partial charge < -0.3 is 10.0 Å². The standard InChI is InChI=1S/C12H16N2O5S2/c1-9(12(16)17)21(18,19)14-6-4-13(5-7-14)11(15)10-3-2-8-20-10/h2-3,8-9H,4-7H2,1H3,(H,16,17). The van der Waals surface area contributed by atoms with Crippen molar-refractivity contribution in [1.82, 2.24) is 9.21 Å². The monoisotopic (exact) mass is 332 g/mol. The maximum Gasteiger partial charge on any atom is 0.323 e. The molecular formula is C12H16N2O5S2. The molecular weight excluding hydrogens is 316 g/mol. The Morgan fingerprint density at radius 2 is 1.90 bits per heavy atom. The highest BCUT2D eigenvalue weighted by Crippen LogP contribution is 2.17. The zero-order valence-corrected chi connectivity index (χ0v) is 13.1. The minimum Gasteiger partial charge on any atom is -0.480 e. The molecule has 1 amide bonds. The summed E-state index contributed by atoms with van der Waals surface area (Å²) < 4.78 is 25.3. The molecule has 1 aromatic rings. The first-order chi connectivity index (χ1) is 9.84. The highest BCUT2D eigenvalue weighted by Gasteiger charge is 2.36. The first-order valence-corrected chi connectivity index (χ1v) is 8.77. The minimum absolute atomic E-state index is 0.117. The van der Waals surface area contributed by atoms with Crippen LogP contribution in [0.25, 0.3) is 0 Å². The Labute approximate surface area is 126 Å². The third-order valence-corrected chi connectivity index (χ3v) is 6.45. The SMILES string of the molecule is CC(C(=O)O)S(=O)(=O)N1CCN(C(=O)c2cccs2)CC1.